The third kappa shape index (κ3) is 6.64. The average Bonchev–Trinajstić information content (AvgIpc) is 2.92. The summed E-state index contributed by atoms with van der Waals surface area (Å²) in [6.45, 7) is 19.8. The zero-order chi connectivity index (χ0) is 29.9. The number of hydrogen-bond acceptors (Lipinski definition) is 7. The Morgan fingerprint density at radius 1 is 0.769 bits per heavy atom. The third-order valence-corrected chi connectivity index (χ3v) is 8.43. The second kappa shape index (κ2) is 13.2. The lowest BCUT2D eigenvalue weighted by molar-refractivity contribution is 0.0216. The highest BCUT2D eigenvalue weighted by molar-refractivity contribution is 5.32. The maximum atomic E-state index is 13.0. The zero-order valence-electron chi connectivity index (χ0n) is 25.5. The molecule has 2 rings (SSSR count). The summed E-state index contributed by atoms with van der Waals surface area (Å²) in [4.78, 5) is 25.7. The lowest BCUT2D eigenvalue weighted by Gasteiger charge is -2.30. The summed E-state index contributed by atoms with van der Waals surface area (Å²) in [7, 11) is 0. The minimum Gasteiger partial charge on any atom is -0.465 e. The normalized spacial score (nSPS) is 17.8. The number of hydrogen-bond donors (Lipinski definition) is 3. The Morgan fingerprint density at radius 3 is 1.77 bits per heavy atom. The Labute approximate surface area is 232 Å². The highest BCUT2D eigenvalue weighted by atomic mass is 16.3. The van der Waals surface area contributed by atoms with Crippen molar-refractivity contribution in [3.63, 3.8) is 0 Å². The van der Waals surface area contributed by atoms with Crippen molar-refractivity contribution in [3.8, 4) is 0 Å². The van der Waals surface area contributed by atoms with Gasteiger partial charge in [0.25, 0.3) is 0 Å². The molecule has 2 aromatic heterocycles. The van der Waals surface area contributed by atoms with Crippen molar-refractivity contribution in [2.45, 2.75) is 125 Å². The molecule has 0 aliphatic heterocycles. The van der Waals surface area contributed by atoms with E-state index in [1.807, 2.05) is 33.8 Å². The fourth-order valence-corrected chi connectivity index (χ4v) is 5.53. The van der Waals surface area contributed by atoms with Crippen LogP contribution in [0.15, 0.2) is 30.1 Å². The van der Waals surface area contributed by atoms with Crippen LogP contribution in [0.25, 0.3) is 0 Å². The molecule has 2 aromatic rings. The molecule has 0 spiro atoms. The molecular formula is C32H48O7. The summed E-state index contributed by atoms with van der Waals surface area (Å²) in [5, 5.41) is 32.8. The molecule has 7 nitrogen and oxygen atoms in total. The van der Waals surface area contributed by atoms with Crippen molar-refractivity contribution in [1.29, 1.82) is 0 Å². The summed E-state index contributed by atoms with van der Waals surface area (Å²) in [6, 6.07) is 0. The summed E-state index contributed by atoms with van der Waals surface area (Å²) in [5.41, 5.74) is 2.49. The molecule has 0 saturated heterocycles. The van der Waals surface area contributed by atoms with Gasteiger partial charge in [0.15, 0.2) is 10.9 Å². The molecule has 218 valence electrons. The minimum atomic E-state index is -0.981. The molecule has 39 heavy (non-hydrogen) atoms. The van der Waals surface area contributed by atoms with Crippen LogP contribution in [0.1, 0.15) is 118 Å². The maximum absolute atomic E-state index is 13.0. The molecule has 0 amide bonds. The number of allylic oxidation sites excluding steroid dienone is 1. The SMILES string of the molecule is CCc1oc([C@@H](C)[C@@H](O)[C@H](C)[C@@H](O)/C(C)=C/[C@@H](C)c2oc([C@H](C)[C@H](O)CC)c(C)c(=O)c2C)c(C)c(=O)c1C. The number of aliphatic hydroxyl groups is 3. The van der Waals surface area contributed by atoms with Crippen molar-refractivity contribution < 1.29 is 24.2 Å². The van der Waals surface area contributed by atoms with E-state index in [4.69, 9.17) is 8.83 Å². The van der Waals surface area contributed by atoms with Gasteiger partial charge < -0.3 is 24.2 Å². The van der Waals surface area contributed by atoms with E-state index in [0.717, 1.165) is 0 Å². The molecular weight excluding hydrogens is 496 g/mol. The number of aryl methyl sites for hydroxylation is 1. The molecule has 3 N–H and O–H groups in total. The summed E-state index contributed by atoms with van der Waals surface area (Å²) >= 11 is 0. The standard InChI is InChI=1S/C32H48O7/c1-12-24(33)17(5)31-23(11)29(37)20(8)30(39-31)16(4)14-15(3)26(34)19(7)28(36)22(10)32-21(9)27(35)18(6)25(13-2)38-32/h14,16-17,19,22,24,26,28,33-34,36H,12-13H2,1-11H3/b15-14+/t16-,17-,19-,22+,24-,26+,28+/m1/s1. The fraction of sp³-hybridized carbons (Fsp3) is 0.625. The summed E-state index contributed by atoms with van der Waals surface area (Å²) in [6.07, 6.45) is 0.368. The lowest BCUT2D eigenvalue weighted by Crippen LogP contribution is -2.35. The van der Waals surface area contributed by atoms with Gasteiger partial charge in [-0.2, -0.15) is 0 Å². The van der Waals surface area contributed by atoms with Crippen molar-refractivity contribution in [2.75, 3.05) is 0 Å². The Bertz CT molecular complexity index is 1300. The van der Waals surface area contributed by atoms with E-state index in [2.05, 4.69) is 0 Å². The predicted octanol–water partition coefficient (Wildman–Crippen LogP) is 5.47. The first-order valence-electron chi connectivity index (χ1n) is 14.1. The van der Waals surface area contributed by atoms with Crippen molar-refractivity contribution in [3.05, 3.63) is 77.4 Å². The van der Waals surface area contributed by atoms with Crippen molar-refractivity contribution >= 4 is 0 Å². The highest BCUT2D eigenvalue weighted by Gasteiger charge is 2.32. The lowest BCUT2D eigenvalue weighted by atomic mass is 9.83. The van der Waals surface area contributed by atoms with E-state index < -0.39 is 30.1 Å². The van der Waals surface area contributed by atoms with Crippen LogP contribution < -0.4 is 10.9 Å². The van der Waals surface area contributed by atoms with Crippen LogP contribution in [0.3, 0.4) is 0 Å². The van der Waals surface area contributed by atoms with Crippen molar-refractivity contribution in [1.82, 2.24) is 0 Å². The van der Waals surface area contributed by atoms with Gasteiger partial charge >= 0.3 is 0 Å². The summed E-state index contributed by atoms with van der Waals surface area (Å²) in [5.74, 6) is 0.278. The molecule has 0 radical (unpaired) electrons. The van der Waals surface area contributed by atoms with Crippen LogP contribution in [0, 0.1) is 33.6 Å². The van der Waals surface area contributed by atoms with E-state index in [9.17, 15) is 24.9 Å². The molecule has 0 aliphatic rings. The number of rotatable bonds is 11. The molecule has 0 unspecified atom stereocenters. The van der Waals surface area contributed by atoms with Crippen LogP contribution in [-0.2, 0) is 6.42 Å². The van der Waals surface area contributed by atoms with Gasteiger partial charge in [0.2, 0.25) is 0 Å². The van der Waals surface area contributed by atoms with Gasteiger partial charge in [-0.15, -0.1) is 0 Å². The van der Waals surface area contributed by atoms with Gasteiger partial charge in [-0.25, -0.2) is 0 Å². The second-order valence-electron chi connectivity index (χ2n) is 11.3. The first-order valence-corrected chi connectivity index (χ1v) is 14.1. The molecule has 0 fully saturated rings. The third-order valence-electron chi connectivity index (χ3n) is 8.43. The van der Waals surface area contributed by atoms with E-state index >= 15 is 0 Å². The fourth-order valence-electron chi connectivity index (χ4n) is 5.53. The van der Waals surface area contributed by atoms with E-state index in [-0.39, 0.29) is 22.7 Å². The Balaban J connectivity index is 2.38. The molecule has 7 heteroatoms. The van der Waals surface area contributed by atoms with Crippen LogP contribution in [0.2, 0.25) is 0 Å². The van der Waals surface area contributed by atoms with Crippen LogP contribution in [0.4, 0.5) is 0 Å². The smallest absolute Gasteiger partial charge is 0.191 e. The van der Waals surface area contributed by atoms with Crippen LogP contribution in [-0.4, -0.2) is 33.6 Å². The molecule has 0 saturated carbocycles. The monoisotopic (exact) mass is 544 g/mol. The van der Waals surface area contributed by atoms with E-state index in [0.29, 0.717) is 63.7 Å². The predicted molar refractivity (Wildman–Crippen MR) is 155 cm³/mol. The Morgan fingerprint density at radius 2 is 1.26 bits per heavy atom. The first-order chi connectivity index (χ1) is 18.1. The Kier molecular flexibility index (Phi) is 11.1. The topological polar surface area (TPSA) is 121 Å². The second-order valence-corrected chi connectivity index (χ2v) is 11.3. The van der Waals surface area contributed by atoms with Crippen LogP contribution >= 0.6 is 0 Å². The molecule has 0 aromatic carbocycles. The largest absolute Gasteiger partial charge is 0.465 e. The van der Waals surface area contributed by atoms with Gasteiger partial charge in [-0.1, -0.05) is 47.6 Å². The van der Waals surface area contributed by atoms with Gasteiger partial charge in [0.05, 0.1) is 18.3 Å². The van der Waals surface area contributed by atoms with Gasteiger partial charge in [-0.3, -0.25) is 9.59 Å². The first kappa shape index (κ1) is 32.7. The van der Waals surface area contributed by atoms with E-state index in [1.54, 1.807) is 48.5 Å². The summed E-state index contributed by atoms with van der Waals surface area (Å²) < 4.78 is 12.3. The molecule has 0 aliphatic carbocycles. The van der Waals surface area contributed by atoms with Gasteiger partial charge in [-0.05, 0) is 46.6 Å². The number of aliphatic hydroxyl groups excluding tert-OH is 3. The zero-order valence-corrected chi connectivity index (χ0v) is 25.5. The molecule has 0 bridgehead atoms. The average molecular weight is 545 g/mol. The molecule has 2 heterocycles. The molecule has 7 atom stereocenters. The highest BCUT2D eigenvalue weighted by Crippen LogP contribution is 2.32. The Hall–Kier alpha value is -2.48. The van der Waals surface area contributed by atoms with Crippen LogP contribution in [0.5, 0.6) is 0 Å². The van der Waals surface area contributed by atoms with Gasteiger partial charge in [0, 0.05) is 52.3 Å². The minimum absolute atomic E-state index is 0.0830. The quantitative estimate of drug-likeness (QED) is 0.321. The maximum Gasteiger partial charge on any atom is 0.191 e. The van der Waals surface area contributed by atoms with Gasteiger partial charge in [0.1, 0.15) is 23.0 Å². The van der Waals surface area contributed by atoms with E-state index in [1.165, 1.54) is 0 Å². The van der Waals surface area contributed by atoms with Crippen molar-refractivity contribution in [2.24, 2.45) is 5.92 Å².